The van der Waals surface area contributed by atoms with Crippen LogP contribution in [-0.4, -0.2) is 4.98 Å². The highest BCUT2D eigenvalue weighted by atomic mass is 14.7. The van der Waals surface area contributed by atoms with Crippen LogP contribution in [0.4, 0.5) is 0 Å². The van der Waals surface area contributed by atoms with Crippen LogP contribution in [0.3, 0.4) is 0 Å². The van der Waals surface area contributed by atoms with Gasteiger partial charge >= 0.3 is 0 Å². The van der Waals surface area contributed by atoms with E-state index in [1.54, 1.807) is 0 Å². The fourth-order valence-electron chi connectivity index (χ4n) is 3.72. The monoisotopic (exact) mass is 345 g/mol. The van der Waals surface area contributed by atoms with Crippen LogP contribution in [0.5, 0.6) is 0 Å². The first kappa shape index (κ1) is 15.7. The van der Waals surface area contributed by atoms with Gasteiger partial charge in [0.15, 0.2) is 0 Å². The summed E-state index contributed by atoms with van der Waals surface area (Å²) in [5, 5.41) is 1.26. The molecule has 0 saturated heterocycles. The molecule has 0 radical (unpaired) electrons. The van der Waals surface area contributed by atoms with Crippen LogP contribution in [0.1, 0.15) is 0 Å². The SMILES string of the molecule is c1ccc(-c2ccc(-c3[nH]c4ccccc4c3-c3ccccc3)cc2)cc1. The van der Waals surface area contributed by atoms with E-state index in [1.165, 1.54) is 44.4 Å². The van der Waals surface area contributed by atoms with Crippen molar-refractivity contribution in [2.75, 3.05) is 0 Å². The van der Waals surface area contributed by atoms with Crippen molar-refractivity contribution in [2.24, 2.45) is 0 Å². The van der Waals surface area contributed by atoms with Gasteiger partial charge in [-0.1, -0.05) is 103 Å². The molecule has 27 heavy (non-hydrogen) atoms. The van der Waals surface area contributed by atoms with Gasteiger partial charge in [0.25, 0.3) is 0 Å². The third kappa shape index (κ3) is 2.84. The zero-order valence-corrected chi connectivity index (χ0v) is 14.9. The molecular formula is C26H19N. The lowest BCUT2D eigenvalue weighted by Crippen LogP contribution is -1.84. The molecule has 0 unspecified atom stereocenters. The average molecular weight is 345 g/mol. The van der Waals surface area contributed by atoms with Gasteiger partial charge in [-0.05, 0) is 28.3 Å². The van der Waals surface area contributed by atoms with E-state index in [1.807, 2.05) is 0 Å². The Morgan fingerprint density at radius 2 is 0.926 bits per heavy atom. The zero-order valence-electron chi connectivity index (χ0n) is 14.9. The molecule has 0 aliphatic rings. The second-order valence-electron chi connectivity index (χ2n) is 6.73. The number of aromatic amines is 1. The Kier molecular flexibility index (Phi) is 3.84. The number of fused-ring (bicyclic) bond motifs is 1. The summed E-state index contributed by atoms with van der Waals surface area (Å²) in [6.45, 7) is 0. The smallest absolute Gasteiger partial charge is 0.0544 e. The number of nitrogens with one attached hydrogen (secondary N) is 1. The number of benzene rings is 4. The minimum absolute atomic E-state index is 1.17. The van der Waals surface area contributed by atoms with Gasteiger partial charge < -0.3 is 4.98 Å². The highest BCUT2D eigenvalue weighted by Crippen LogP contribution is 2.38. The van der Waals surface area contributed by atoms with Crippen LogP contribution < -0.4 is 0 Å². The fraction of sp³-hybridized carbons (Fsp3) is 0. The first-order valence-electron chi connectivity index (χ1n) is 9.22. The minimum Gasteiger partial charge on any atom is -0.354 e. The van der Waals surface area contributed by atoms with E-state index in [9.17, 15) is 0 Å². The van der Waals surface area contributed by atoms with Gasteiger partial charge in [-0.25, -0.2) is 0 Å². The summed E-state index contributed by atoms with van der Waals surface area (Å²) in [7, 11) is 0. The summed E-state index contributed by atoms with van der Waals surface area (Å²) in [6.07, 6.45) is 0. The zero-order chi connectivity index (χ0) is 18.1. The number of hydrogen-bond acceptors (Lipinski definition) is 0. The summed E-state index contributed by atoms with van der Waals surface area (Å²) >= 11 is 0. The lowest BCUT2D eigenvalue weighted by molar-refractivity contribution is 1.45. The molecule has 128 valence electrons. The first-order valence-corrected chi connectivity index (χ1v) is 9.22. The first-order chi connectivity index (χ1) is 13.4. The molecule has 1 N–H and O–H groups in total. The van der Waals surface area contributed by atoms with Crippen molar-refractivity contribution >= 4 is 10.9 Å². The second-order valence-corrected chi connectivity index (χ2v) is 6.73. The molecular weight excluding hydrogens is 326 g/mol. The maximum Gasteiger partial charge on any atom is 0.0544 e. The molecule has 4 aromatic carbocycles. The van der Waals surface area contributed by atoms with Gasteiger partial charge in [-0.3, -0.25) is 0 Å². The lowest BCUT2D eigenvalue weighted by Gasteiger charge is -2.07. The Morgan fingerprint density at radius 3 is 1.63 bits per heavy atom. The quantitative estimate of drug-likeness (QED) is 0.357. The predicted octanol–water partition coefficient (Wildman–Crippen LogP) is 7.17. The molecule has 0 aliphatic carbocycles. The van der Waals surface area contributed by atoms with E-state index in [4.69, 9.17) is 0 Å². The van der Waals surface area contributed by atoms with E-state index in [0.717, 1.165) is 0 Å². The molecule has 1 aromatic heterocycles. The Bertz CT molecular complexity index is 1180. The predicted molar refractivity (Wildman–Crippen MR) is 115 cm³/mol. The van der Waals surface area contributed by atoms with Gasteiger partial charge in [0.2, 0.25) is 0 Å². The molecule has 0 fully saturated rings. The maximum absolute atomic E-state index is 3.64. The van der Waals surface area contributed by atoms with Crippen LogP contribution in [0.25, 0.3) is 44.4 Å². The van der Waals surface area contributed by atoms with E-state index in [-0.39, 0.29) is 0 Å². The second kappa shape index (κ2) is 6.62. The molecule has 1 nitrogen and oxygen atoms in total. The molecule has 0 saturated carbocycles. The molecule has 0 bridgehead atoms. The fourth-order valence-corrected chi connectivity index (χ4v) is 3.72. The van der Waals surface area contributed by atoms with E-state index < -0.39 is 0 Å². The van der Waals surface area contributed by atoms with E-state index in [2.05, 4.69) is 114 Å². The van der Waals surface area contributed by atoms with Crippen LogP contribution in [0, 0.1) is 0 Å². The van der Waals surface area contributed by atoms with Crippen molar-refractivity contribution < 1.29 is 0 Å². The summed E-state index contributed by atoms with van der Waals surface area (Å²) in [5.41, 5.74) is 8.50. The normalized spacial score (nSPS) is 11.0. The highest BCUT2D eigenvalue weighted by Gasteiger charge is 2.14. The van der Waals surface area contributed by atoms with E-state index >= 15 is 0 Å². The van der Waals surface area contributed by atoms with Crippen molar-refractivity contribution in [2.45, 2.75) is 0 Å². The van der Waals surface area contributed by atoms with Crippen molar-refractivity contribution in [1.29, 1.82) is 0 Å². The van der Waals surface area contributed by atoms with Crippen molar-refractivity contribution in [3.63, 3.8) is 0 Å². The largest absolute Gasteiger partial charge is 0.354 e. The number of rotatable bonds is 3. The average Bonchev–Trinajstić information content (AvgIpc) is 3.15. The van der Waals surface area contributed by atoms with E-state index in [0.29, 0.717) is 0 Å². The Labute approximate surface area is 158 Å². The number of H-pyrrole nitrogens is 1. The Balaban J connectivity index is 1.67. The third-order valence-corrected chi connectivity index (χ3v) is 5.05. The standard InChI is InChI=1S/C26H19N/c1-3-9-19(10-4-1)20-15-17-22(18-16-20)26-25(21-11-5-2-6-12-21)23-13-7-8-14-24(23)27-26/h1-18,27H. The van der Waals surface area contributed by atoms with Gasteiger partial charge in [0.1, 0.15) is 0 Å². The molecule has 5 rings (SSSR count). The van der Waals surface area contributed by atoms with Crippen LogP contribution >= 0.6 is 0 Å². The van der Waals surface area contributed by atoms with Crippen molar-refractivity contribution in [3.05, 3.63) is 109 Å². The molecule has 0 atom stereocenters. The molecule has 0 aliphatic heterocycles. The number of para-hydroxylation sites is 1. The van der Waals surface area contributed by atoms with Gasteiger partial charge in [-0.15, -0.1) is 0 Å². The van der Waals surface area contributed by atoms with Gasteiger partial charge in [-0.2, -0.15) is 0 Å². The topological polar surface area (TPSA) is 15.8 Å². The number of aromatic nitrogens is 1. The Hall–Kier alpha value is -3.58. The highest BCUT2D eigenvalue weighted by molar-refractivity contribution is 6.03. The van der Waals surface area contributed by atoms with Gasteiger partial charge in [0.05, 0.1) is 5.69 Å². The molecule has 5 aromatic rings. The summed E-state index contributed by atoms with van der Waals surface area (Å²) < 4.78 is 0. The summed E-state index contributed by atoms with van der Waals surface area (Å²) in [5.74, 6) is 0. The molecule has 1 heteroatoms. The van der Waals surface area contributed by atoms with Crippen LogP contribution in [0.2, 0.25) is 0 Å². The Morgan fingerprint density at radius 1 is 0.407 bits per heavy atom. The minimum atomic E-state index is 1.17. The van der Waals surface area contributed by atoms with Crippen LogP contribution in [-0.2, 0) is 0 Å². The number of hydrogen-bond donors (Lipinski definition) is 1. The summed E-state index contributed by atoms with van der Waals surface area (Å²) in [6, 6.07) is 38.4. The van der Waals surface area contributed by atoms with Crippen molar-refractivity contribution in [1.82, 2.24) is 4.98 Å². The van der Waals surface area contributed by atoms with Crippen molar-refractivity contribution in [3.8, 4) is 33.5 Å². The lowest BCUT2D eigenvalue weighted by atomic mass is 9.97. The third-order valence-electron chi connectivity index (χ3n) is 5.05. The molecule has 0 spiro atoms. The van der Waals surface area contributed by atoms with Crippen LogP contribution in [0.15, 0.2) is 109 Å². The van der Waals surface area contributed by atoms with Gasteiger partial charge in [0, 0.05) is 16.5 Å². The molecule has 1 heterocycles. The maximum atomic E-state index is 3.64. The molecule has 0 amide bonds. The summed E-state index contributed by atoms with van der Waals surface area (Å²) in [4.78, 5) is 3.64.